The lowest BCUT2D eigenvalue weighted by Crippen LogP contribution is -2.42. The number of esters is 1. The van der Waals surface area contributed by atoms with Crippen LogP contribution in [0.3, 0.4) is 0 Å². The van der Waals surface area contributed by atoms with Crippen molar-refractivity contribution in [2.75, 3.05) is 6.61 Å². The van der Waals surface area contributed by atoms with Gasteiger partial charge in [0.05, 0.1) is 12.2 Å². The Balaban J connectivity index is 1.82. The average Bonchev–Trinajstić information content (AvgIpc) is 2.61. The largest absolute Gasteiger partial charge is 0.493 e. The fraction of sp³-hybridized carbons (Fsp3) is 0.600. The number of hydrogen-bond donors (Lipinski definition) is 1. The lowest BCUT2D eigenvalue weighted by atomic mass is 9.95. The lowest BCUT2D eigenvalue weighted by molar-refractivity contribution is -0.130. The van der Waals surface area contributed by atoms with Crippen molar-refractivity contribution in [3.05, 3.63) is 29.8 Å². The van der Waals surface area contributed by atoms with Gasteiger partial charge >= 0.3 is 5.97 Å². The molecule has 2 rings (SSSR count). The van der Waals surface area contributed by atoms with E-state index in [-0.39, 0.29) is 11.9 Å². The van der Waals surface area contributed by atoms with Crippen LogP contribution < -0.4 is 10.1 Å². The molecule has 1 atom stereocenters. The van der Waals surface area contributed by atoms with Crippen molar-refractivity contribution in [3.8, 4) is 5.75 Å². The molecule has 1 aromatic rings. The van der Waals surface area contributed by atoms with Gasteiger partial charge in [0.1, 0.15) is 5.75 Å². The molecule has 1 aliphatic carbocycles. The third-order valence-corrected chi connectivity index (χ3v) is 4.28. The predicted octanol–water partition coefficient (Wildman–Crippen LogP) is 3.72. The summed E-state index contributed by atoms with van der Waals surface area (Å²) in [6, 6.07) is 7.00. The molecule has 1 aliphatic rings. The van der Waals surface area contributed by atoms with Crippen LogP contribution in [0.2, 0.25) is 0 Å². The molecule has 5 nitrogen and oxygen atoms in total. The number of hydrogen-bond acceptors (Lipinski definition) is 4. The van der Waals surface area contributed by atoms with Gasteiger partial charge in [0, 0.05) is 6.04 Å². The Hall–Kier alpha value is -2.04. The number of benzene rings is 1. The number of carbonyl (C=O) groups is 2. The molecule has 1 fully saturated rings. The third kappa shape index (κ3) is 6.40. The zero-order chi connectivity index (χ0) is 18.2. The van der Waals surface area contributed by atoms with Gasteiger partial charge in [-0.1, -0.05) is 33.1 Å². The van der Waals surface area contributed by atoms with E-state index in [0.29, 0.717) is 23.8 Å². The van der Waals surface area contributed by atoms with Crippen LogP contribution in [0.25, 0.3) is 0 Å². The zero-order valence-corrected chi connectivity index (χ0v) is 15.4. The van der Waals surface area contributed by atoms with Gasteiger partial charge in [0.2, 0.25) is 0 Å². The van der Waals surface area contributed by atoms with E-state index in [2.05, 4.69) is 19.2 Å². The van der Waals surface area contributed by atoms with Crippen LogP contribution in [-0.4, -0.2) is 30.6 Å². The normalized spacial score (nSPS) is 16.3. The molecule has 0 aliphatic heterocycles. The summed E-state index contributed by atoms with van der Waals surface area (Å²) in [4.78, 5) is 24.4. The Morgan fingerprint density at radius 2 is 1.72 bits per heavy atom. The molecular formula is C20H29NO4. The van der Waals surface area contributed by atoms with Gasteiger partial charge < -0.3 is 14.8 Å². The van der Waals surface area contributed by atoms with E-state index in [1.165, 1.54) is 6.42 Å². The lowest BCUT2D eigenvalue weighted by Gasteiger charge is -2.24. The van der Waals surface area contributed by atoms with E-state index in [1.807, 2.05) is 0 Å². The SMILES string of the molecule is CC(C)COc1ccc(C(=O)OC(C)C(=O)NC2CCCCC2)cc1. The minimum atomic E-state index is -0.800. The summed E-state index contributed by atoms with van der Waals surface area (Å²) in [5.41, 5.74) is 0.411. The van der Waals surface area contributed by atoms with E-state index in [9.17, 15) is 9.59 Å². The van der Waals surface area contributed by atoms with Crippen molar-refractivity contribution in [2.24, 2.45) is 5.92 Å². The molecule has 0 aromatic heterocycles. The quantitative estimate of drug-likeness (QED) is 0.764. The summed E-state index contributed by atoms with van der Waals surface area (Å²) in [6.45, 7) is 6.38. The van der Waals surface area contributed by atoms with Crippen molar-refractivity contribution in [1.82, 2.24) is 5.32 Å². The van der Waals surface area contributed by atoms with Gasteiger partial charge in [-0.25, -0.2) is 4.79 Å². The third-order valence-electron chi connectivity index (χ3n) is 4.28. The second-order valence-corrected chi connectivity index (χ2v) is 7.12. The molecule has 1 saturated carbocycles. The first kappa shape index (κ1) is 19.3. The molecule has 0 saturated heterocycles. The van der Waals surface area contributed by atoms with Gasteiger partial charge in [0.15, 0.2) is 6.10 Å². The van der Waals surface area contributed by atoms with E-state index in [1.54, 1.807) is 31.2 Å². The summed E-state index contributed by atoms with van der Waals surface area (Å²) < 4.78 is 10.9. The van der Waals surface area contributed by atoms with Gasteiger partial charge in [-0.15, -0.1) is 0 Å². The average molecular weight is 347 g/mol. The maximum Gasteiger partial charge on any atom is 0.338 e. The molecular weight excluding hydrogens is 318 g/mol. The van der Waals surface area contributed by atoms with E-state index < -0.39 is 12.1 Å². The minimum absolute atomic E-state index is 0.208. The second kappa shape index (κ2) is 9.44. The van der Waals surface area contributed by atoms with Crippen LogP contribution in [0.4, 0.5) is 0 Å². The molecule has 0 radical (unpaired) electrons. The standard InChI is InChI=1S/C20H29NO4/c1-14(2)13-24-18-11-9-16(10-12-18)20(23)25-15(3)19(22)21-17-7-5-4-6-8-17/h9-12,14-15,17H,4-8,13H2,1-3H3,(H,21,22). The second-order valence-electron chi connectivity index (χ2n) is 7.12. The number of nitrogens with one attached hydrogen (secondary N) is 1. The Bertz CT molecular complexity index is 562. The van der Waals surface area contributed by atoms with Crippen molar-refractivity contribution in [3.63, 3.8) is 0 Å². The number of ether oxygens (including phenoxy) is 2. The fourth-order valence-electron chi connectivity index (χ4n) is 2.80. The van der Waals surface area contributed by atoms with Crippen molar-refractivity contribution in [1.29, 1.82) is 0 Å². The number of carbonyl (C=O) groups excluding carboxylic acids is 2. The van der Waals surface area contributed by atoms with Gasteiger partial charge in [0.25, 0.3) is 5.91 Å². The molecule has 5 heteroatoms. The van der Waals surface area contributed by atoms with Crippen LogP contribution in [-0.2, 0) is 9.53 Å². The molecule has 1 amide bonds. The van der Waals surface area contributed by atoms with Crippen molar-refractivity contribution < 1.29 is 19.1 Å². The van der Waals surface area contributed by atoms with Crippen LogP contribution in [0.15, 0.2) is 24.3 Å². The zero-order valence-electron chi connectivity index (χ0n) is 15.4. The van der Waals surface area contributed by atoms with Crippen LogP contribution in [0, 0.1) is 5.92 Å². The molecule has 1 unspecified atom stereocenters. The molecule has 0 bridgehead atoms. The maximum atomic E-state index is 12.2. The Kier molecular flexibility index (Phi) is 7.29. The smallest absolute Gasteiger partial charge is 0.338 e. The Morgan fingerprint density at radius 3 is 2.32 bits per heavy atom. The highest BCUT2D eigenvalue weighted by Gasteiger charge is 2.22. The molecule has 1 aromatic carbocycles. The summed E-state index contributed by atoms with van der Waals surface area (Å²) in [5, 5.41) is 2.98. The highest BCUT2D eigenvalue weighted by molar-refractivity contribution is 5.92. The highest BCUT2D eigenvalue weighted by Crippen LogP contribution is 2.18. The first-order valence-corrected chi connectivity index (χ1v) is 9.20. The van der Waals surface area contributed by atoms with Crippen molar-refractivity contribution >= 4 is 11.9 Å². The first-order chi connectivity index (χ1) is 12.0. The maximum absolute atomic E-state index is 12.2. The highest BCUT2D eigenvalue weighted by atomic mass is 16.5. The van der Waals surface area contributed by atoms with E-state index in [4.69, 9.17) is 9.47 Å². The minimum Gasteiger partial charge on any atom is -0.493 e. The summed E-state index contributed by atoms with van der Waals surface area (Å²) >= 11 is 0. The Labute approximate surface area is 150 Å². The summed E-state index contributed by atoms with van der Waals surface area (Å²) in [5.74, 6) is 0.431. The molecule has 1 N–H and O–H groups in total. The molecule has 138 valence electrons. The van der Waals surface area contributed by atoms with E-state index >= 15 is 0 Å². The van der Waals surface area contributed by atoms with Gasteiger partial charge in [-0.2, -0.15) is 0 Å². The fourth-order valence-corrected chi connectivity index (χ4v) is 2.80. The van der Waals surface area contributed by atoms with E-state index in [0.717, 1.165) is 25.7 Å². The number of amides is 1. The molecule has 0 spiro atoms. The number of rotatable bonds is 7. The topological polar surface area (TPSA) is 64.6 Å². The Morgan fingerprint density at radius 1 is 1.08 bits per heavy atom. The van der Waals surface area contributed by atoms with Crippen LogP contribution in [0.1, 0.15) is 63.2 Å². The predicted molar refractivity (Wildman–Crippen MR) is 96.7 cm³/mol. The molecule has 0 heterocycles. The summed E-state index contributed by atoms with van der Waals surface area (Å²) in [7, 11) is 0. The van der Waals surface area contributed by atoms with Crippen molar-refractivity contribution in [2.45, 2.75) is 65.0 Å². The first-order valence-electron chi connectivity index (χ1n) is 9.20. The van der Waals surface area contributed by atoms with Gasteiger partial charge in [-0.3, -0.25) is 4.79 Å². The van der Waals surface area contributed by atoms with Gasteiger partial charge in [-0.05, 0) is 49.9 Å². The molecule has 25 heavy (non-hydrogen) atoms. The monoisotopic (exact) mass is 347 g/mol. The van der Waals surface area contributed by atoms with Crippen LogP contribution >= 0.6 is 0 Å². The van der Waals surface area contributed by atoms with Crippen LogP contribution in [0.5, 0.6) is 5.75 Å². The summed E-state index contributed by atoms with van der Waals surface area (Å²) in [6.07, 6.45) is 4.73.